The van der Waals surface area contributed by atoms with Crippen molar-refractivity contribution in [3.63, 3.8) is 0 Å². The van der Waals surface area contributed by atoms with Crippen molar-refractivity contribution in [3.8, 4) is 0 Å². The highest BCUT2D eigenvalue weighted by atomic mass is 16.5. The normalized spacial score (nSPS) is 21.9. The lowest BCUT2D eigenvalue weighted by molar-refractivity contribution is -0.147. The summed E-state index contributed by atoms with van der Waals surface area (Å²) in [4.78, 5) is 13.6. The number of piperidine rings is 1. The van der Waals surface area contributed by atoms with Crippen molar-refractivity contribution >= 4 is 5.97 Å². The highest BCUT2D eigenvalue weighted by Gasteiger charge is 2.26. The number of esters is 1. The van der Waals surface area contributed by atoms with Gasteiger partial charge in [-0.1, -0.05) is 5.16 Å². The number of hydrogen-bond acceptors (Lipinski definition) is 5. The second-order valence-corrected chi connectivity index (χ2v) is 4.08. The first-order chi connectivity index (χ1) is 7.79. The summed E-state index contributed by atoms with van der Waals surface area (Å²) in [6.45, 7) is 2.45. The Balaban J connectivity index is 1.89. The summed E-state index contributed by atoms with van der Waals surface area (Å²) in [5, 5.41) is 3.66. The van der Waals surface area contributed by atoms with Crippen LogP contribution in [0.1, 0.15) is 18.6 Å². The third kappa shape index (κ3) is 2.61. The number of rotatable bonds is 3. The van der Waals surface area contributed by atoms with Crippen molar-refractivity contribution in [2.75, 3.05) is 20.2 Å². The van der Waals surface area contributed by atoms with Crippen LogP contribution in [-0.4, -0.2) is 36.2 Å². The van der Waals surface area contributed by atoms with Crippen molar-refractivity contribution in [1.82, 2.24) is 10.1 Å². The largest absolute Gasteiger partial charge is 0.469 e. The second kappa shape index (κ2) is 5.12. The molecule has 1 aromatic heterocycles. The number of ether oxygens (including phenoxy) is 1. The fraction of sp³-hybridized carbons (Fsp3) is 0.636. The van der Waals surface area contributed by atoms with E-state index in [1.165, 1.54) is 7.11 Å². The third-order valence-corrected chi connectivity index (χ3v) is 2.91. The van der Waals surface area contributed by atoms with E-state index in [0.717, 1.165) is 31.7 Å². The molecule has 0 aliphatic carbocycles. The standard InChI is InChI=1S/C11H16N2O3/c1-15-11(14)9-3-2-6-13(7-9)8-10-4-5-12-16-10/h4-5,9H,2-3,6-8H2,1H3/t9-/m0/s1. The lowest BCUT2D eigenvalue weighted by Crippen LogP contribution is -2.38. The van der Waals surface area contributed by atoms with Crippen LogP contribution in [0.2, 0.25) is 0 Å². The lowest BCUT2D eigenvalue weighted by Gasteiger charge is -2.30. The van der Waals surface area contributed by atoms with Crippen molar-refractivity contribution < 1.29 is 14.1 Å². The Kier molecular flexibility index (Phi) is 3.56. The van der Waals surface area contributed by atoms with Crippen LogP contribution in [0.25, 0.3) is 0 Å². The molecule has 1 aliphatic rings. The molecule has 2 heterocycles. The van der Waals surface area contributed by atoms with E-state index in [-0.39, 0.29) is 11.9 Å². The number of nitrogens with zero attached hydrogens (tertiary/aromatic N) is 2. The van der Waals surface area contributed by atoms with Gasteiger partial charge in [-0.3, -0.25) is 9.69 Å². The number of carbonyl (C=O) groups excluding carboxylic acids is 1. The lowest BCUT2D eigenvalue weighted by atomic mass is 9.98. The summed E-state index contributed by atoms with van der Waals surface area (Å²) in [5.41, 5.74) is 0. The van der Waals surface area contributed by atoms with Gasteiger partial charge in [-0.15, -0.1) is 0 Å². The summed E-state index contributed by atoms with van der Waals surface area (Å²) in [5.74, 6) is 0.731. The van der Waals surface area contributed by atoms with Gasteiger partial charge in [0.05, 0.1) is 25.8 Å². The van der Waals surface area contributed by atoms with E-state index >= 15 is 0 Å². The number of hydrogen-bond donors (Lipinski definition) is 0. The van der Waals surface area contributed by atoms with Gasteiger partial charge in [0, 0.05) is 12.6 Å². The van der Waals surface area contributed by atoms with Crippen LogP contribution in [0.3, 0.4) is 0 Å². The van der Waals surface area contributed by atoms with Crippen molar-refractivity contribution in [1.29, 1.82) is 0 Å². The van der Waals surface area contributed by atoms with Gasteiger partial charge in [-0.25, -0.2) is 0 Å². The number of methoxy groups -OCH3 is 1. The maximum Gasteiger partial charge on any atom is 0.309 e. The molecule has 16 heavy (non-hydrogen) atoms. The van der Waals surface area contributed by atoms with Gasteiger partial charge >= 0.3 is 5.97 Å². The zero-order valence-electron chi connectivity index (χ0n) is 9.39. The smallest absolute Gasteiger partial charge is 0.309 e. The minimum atomic E-state index is -0.109. The van der Waals surface area contributed by atoms with Crippen LogP contribution in [0.5, 0.6) is 0 Å². The molecule has 0 aromatic carbocycles. The molecule has 1 aromatic rings. The zero-order chi connectivity index (χ0) is 11.4. The molecular weight excluding hydrogens is 208 g/mol. The molecule has 0 bridgehead atoms. The highest BCUT2D eigenvalue weighted by Crippen LogP contribution is 2.19. The van der Waals surface area contributed by atoms with Gasteiger partial charge in [0.2, 0.25) is 0 Å². The Hall–Kier alpha value is -1.36. The molecule has 0 spiro atoms. The molecule has 0 unspecified atom stereocenters. The topological polar surface area (TPSA) is 55.6 Å². The van der Waals surface area contributed by atoms with E-state index in [1.807, 2.05) is 6.07 Å². The van der Waals surface area contributed by atoms with Crippen LogP contribution in [0.4, 0.5) is 0 Å². The molecule has 1 aliphatic heterocycles. The summed E-state index contributed by atoms with van der Waals surface area (Å²) in [6, 6.07) is 1.85. The fourth-order valence-corrected chi connectivity index (χ4v) is 2.10. The summed E-state index contributed by atoms with van der Waals surface area (Å²) in [7, 11) is 1.44. The van der Waals surface area contributed by atoms with E-state index in [4.69, 9.17) is 9.26 Å². The molecule has 0 radical (unpaired) electrons. The van der Waals surface area contributed by atoms with Gasteiger partial charge in [0.15, 0.2) is 5.76 Å². The first-order valence-corrected chi connectivity index (χ1v) is 5.49. The van der Waals surface area contributed by atoms with Crippen LogP contribution in [0, 0.1) is 5.92 Å². The average Bonchev–Trinajstić information content (AvgIpc) is 2.81. The average molecular weight is 224 g/mol. The Morgan fingerprint density at radius 3 is 3.31 bits per heavy atom. The zero-order valence-corrected chi connectivity index (χ0v) is 9.39. The number of aromatic nitrogens is 1. The van der Waals surface area contributed by atoms with E-state index < -0.39 is 0 Å². The van der Waals surface area contributed by atoms with E-state index in [0.29, 0.717) is 6.54 Å². The van der Waals surface area contributed by atoms with E-state index in [2.05, 4.69) is 10.1 Å². The van der Waals surface area contributed by atoms with Gasteiger partial charge < -0.3 is 9.26 Å². The Morgan fingerprint density at radius 1 is 1.75 bits per heavy atom. The predicted molar refractivity (Wildman–Crippen MR) is 56.5 cm³/mol. The van der Waals surface area contributed by atoms with Crippen LogP contribution >= 0.6 is 0 Å². The molecular formula is C11H16N2O3. The molecule has 0 amide bonds. The Morgan fingerprint density at radius 2 is 2.62 bits per heavy atom. The van der Waals surface area contributed by atoms with Crippen molar-refractivity contribution in [2.45, 2.75) is 19.4 Å². The molecule has 1 atom stereocenters. The quantitative estimate of drug-likeness (QED) is 0.718. The molecule has 1 saturated heterocycles. The molecule has 5 heteroatoms. The van der Waals surface area contributed by atoms with Gasteiger partial charge in [-0.2, -0.15) is 0 Å². The number of carbonyl (C=O) groups is 1. The maximum absolute atomic E-state index is 11.4. The SMILES string of the molecule is COC(=O)[C@H]1CCCN(Cc2ccno2)C1. The minimum Gasteiger partial charge on any atom is -0.469 e. The van der Waals surface area contributed by atoms with Gasteiger partial charge in [-0.05, 0) is 19.4 Å². The van der Waals surface area contributed by atoms with Crippen LogP contribution in [0.15, 0.2) is 16.8 Å². The van der Waals surface area contributed by atoms with Crippen LogP contribution in [-0.2, 0) is 16.1 Å². The summed E-state index contributed by atoms with van der Waals surface area (Å²) in [6.07, 6.45) is 3.57. The second-order valence-electron chi connectivity index (χ2n) is 4.08. The van der Waals surface area contributed by atoms with Crippen molar-refractivity contribution in [2.24, 2.45) is 5.92 Å². The minimum absolute atomic E-state index is 0.00155. The fourth-order valence-electron chi connectivity index (χ4n) is 2.10. The molecule has 88 valence electrons. The Bertz CT molecular complexity index is 337. The summed E-state index contributed by atoms with van der Waals surface area (Å²) < 4.78 is 9.82. The molecule has 0 N–H and O–H groups in total. The first-order valence-electron chi connectivity index (χ1n) is 5.49. The number of likely N-dealkylation sites (tertiary alicyclic amines) is 1. The van der Waals surface area contributed by atoms with Crippen LogP contribution < -0.4 is 0 Å². The van der Waals surface area contributed by atoms with Gasteiger partial charge in [0.25, 0.3) is 0 Å². The molecule has 5 nitrogen and oxygen atoms in total. The van der Waals surface area contributed by atoms with E-state index in [9.17, 15) is 4.79 Å². The van der Waals surface area contributed by atoms with E-state index in [1.54, 1.807) is 6.20 Å². The van der Waals surface area contributed by atoms with Gasteiger partial charge in [0.1, 0.15) is 0 Å². The predicted octanol–water partition coefficient (Wildman–Crippen LogP) is 1.06. The molecule has 2 rings (SSSR count). The highest BCUT2D eigenvalue weighted by molar-refractivity contribution is 5.72. The maximum atomic E-state index is 11.4. The molecule has 1 fully saturated rings. The molecule has 0 saturated carbocycles. The monoisotopic (exact) mass is 224 g/mol. The summed E-state index contributed by atoms with van der Waals surface area (Å²) >= 11 is 0. The first kappa shape index (κ1) is 11.1. The Labute approximate surface area is 94.3 Å². The van der Waals surface area contributed by atoms with Crippen molar-refractivity contribution in [3.05, 3.63) is 18.0 Å². The third-order valence-electron chi connectivity index (χ3n) is 2.91.